The van der Waals surface area contributed by atoms with Crippen molar-refractivity contribution in [2.45, 2.75) is 64.6 Å². The maximum absolute atomic E-state index is 14.1. The molecular formula is C45H40Cl2N4O6S. The van der Waals surface area contributed by atoms with Gasteiger partial charge >= 0.3 is 5.97 Å². The van der Waals surface area contributed by atoms with Crippen LogP contribution in [0.4, 0.5) is 0 Å². The van der Waals surface area contributed by atoms with E-state index in [0.29, 0.717) is 60.0 Å². The number of rotatable bonds is 12. The molecule has 4 aromatic carbocycles. The highest BCUT2D eigenvalue weighted by Crippen LogP contribution is 2.41. The number of carbonyl (C=O) groups is 2. The van der Waals surface area contributed by atoms with E-state index < -0.39 is 18.1 Å². The van der Waals surface area contributed by atoms with Crippen molar-refractivity contribution in [2.75, 3.05) is 6.61 Å². The Morgan fingerprint density at radius 3 is 2.45 bits per heavy atom. The predicted octanol–water partition coefficient (Wildman–Crippen LogP) is 8.96. The number of aromatic nitrogens is 2. The number of hydrogen-bond donors (Lipinski definition) is 2. The van der Waals surface area contributed by atoms with Gasteiger partial charge in [-0.05, 0) is 107 Å². The summed E-state index contributed by atoms with van der Waals surface area (Å²) in [6.07, 6.45) is 3.69. The lowest BCUT2D eigenvalue weighted by molar-refractivity contribution is -0.142. The Morgan fingerprint density at radius 2 is 1.71 bits per heavy atom. The average Bonchev–Trinajstić information content (AvgIpc) is 3.74. The van der Waals surface area contributed by atoms with Crippen LogP contribution in [-0.4, -0.2) is 50.5 Å². The molecule has 10 nitrogen and oxygen atoms in total. The number of pyridine rings is 1. The normalized spacial score (nSPS) is 16.6. The van der Waals surface area contributed by atoms with Gasteiger partial charge in [-0.15, -0.1) is 11.3 Å². The summed E-state index contributed by atoms with van der Waals surface area (Å²) in [7, 11) is 0. The van der Waals surface area contributed by atoms with Crippen LogP contribution in [0.2, 0.25) is 10.0 Å². The monoisotopic (exact) mass is 834 g/mol. The molecule has 58 heavy (non-hydrogen) atoms. The largest absolute Gasteiger partial charge is 0.489 e. The minimum Gasteiger partial charge on any atom is -0.489 e. The molecule has 2 aromatic heterocycles. The van der Waals surface area contributed by atoms with Crippen LogP contribution >= 0.6 is 34.5 Å². The molecule has 0 radical (unpaired) electrons. The molecular weight excluding hydrogens is 795 g/mol. The molecule has 1 unspecified atom stereocenters. The van der Waals surface area contributed by atoms with Gasteiger partial charge < -0.3 is 24.6 Å². The summed E-state index contributed by atoms with van der Waals surface area (Å²) in [4.78, 5) is 37.5. The number of carbonyl (C=O) groups excluding carboxylic acids is 1. The molecule has 1 amide bonds. The molecule has 8 rings (SSSR count). The lowest BCUT2D eigenvalue weighted by Gasteiger charge is -2.37. The second-order valence-corrected chi connectivity index (χ2v) is 16.3. The van der Waals surface area contributed by atoms with E-state index in [-0.39, 0.29) is 18.4 Å². The number of halogens is 2. The molecule has 0 fully saturated rings. The number of aliphatic carboxylic acids is 1. The van der Waals surface area contributed by atoms with Crippen molar-refractivity contribution in [1.29, 1.82) is 0 Å². The number of carboxylic acids is 1. The van der Waals surface area contributed by atoms with Crippen LogP contribution in [-0.2, 0) is 42.1 Å². The molecule has 3 atom stereocenters. The highest BCUT2D eigenvalue weighted by molar-refractivity contribution is 7.09. The van der Waals surface area contributed by atoms with E-state index >= 15 is 0 Å². The van der Waals surface area contributed by atoms with Crippen LogP contribution in [0, 0.1) is 13.8 Å². The molecule has 4 heterocycles. The van der Waals surface area contributed by atoms with Crippen LogP contribution in [0.5, 0.6) is 17.2 Å². The topological polar surface area (TPSA) is 123 Å². The molecule has 0 aliphatic carbocycles. The van der Waals surface area contributed by atoms with Gasteiger partial charge in [0.05, 0.1) is 22.6 Å². The Morgan fingerprint density at radius 1 is 0.931 bits per heavy atom. The summed E-state index contributed by atoms with van der Waals surface area (Å²) in [5, 5.41) is 16.9. The lowest BCUT2D eigenvalue weighted by Crippen LogP contribution is -2.54. The zero-order valence-electron chi connectivity index (χ0n) is 31.8. The lowest BCUT2D eigenvalue weighted by atomic mass is 9.92. The van der Waals surface area contributed by atoms with Crippen molar-refractivity contribution in [3.8, 4) is 28.4 Å². The fourth-order valence-corrected chi connectivity index (χ4v) is 8.31. The van der Waals surface area contributed by atoms with Gasteiger partial charge in [0, 0.05) is 36.4 Å². The number of fused-ring (bicyclic) bond motifs is 2. The first-order chi connectivity index (χ1) is 28.1. The van der Waals surface area contributed by atoms with E-state index in [4.69, 9.17) is 37.4 Å². The third-order valence-corrected chi connectivity index (χ3v) is 12.2. The van der Waals surface area contributed by atoms with Crippen molar-refractivity contribution >= 4 is 46.4 Å². The highest BCUT2D eigenvalue weighted by atomic mass is 35.5. The fraction of sp³-hybridized carbons (Fsp3) is 0.244. The third-order valence-electron chi connectivity index (χ3n) is 10.7. The minimum atomic E-state index is -1.12. The Bertz CT molecular complexity index is 2450. The Labute approximate surface area is 350 Å². The molecule has 2 N–H and O–H groups in total. The van der Waals surface area contributed by atoms with Crippen molar-refractivity contribution < 1.29 is 28.9 Å². The number of aryl methyl sites for hydroxylation is 1. The summed E-state index contributed by atoms with van der Waals surface area (Å²) < 4.78 is 18.7. The van der Waals surface area contributed by atoms with E-state index in [9.17, 15) is 14.7 Å². The van der Waals surface area contributed by atoms with E-state index in [1.807, 2.05) is 96.9 Å². The van der Waals surface area contributed by atoms with Gasteiger partial charge in [0.1, 0.15) is 30.0 Å². The van der Waals surface area contributed by atoms with Gasteiger partial charge in [0.25, 0.3) is 0 Å². The van der Waals surface area contributed by atoms with Gasteiger partial charge in [0.2, 0.25) is 5.91 Å². The number of nitrogens with zero attached hydrogens (tertiary/aromatic N) is 3. The van der Waals surface area contributed by atoms with Gasteiger partial charge in [-0.2, -0.15) is 0 Å². The van der Waals surface area contributed by atoms with Crippen molar-refractivity contribution in [1.82, 2.24) is 20.2 Å². The van der Waals surface area contributed by atoms with Crippen molar-refractivity contribution in [2.24, 2.45) is 0 Å². The van der Waals surface area contributed by atoms with Crippen LogP contribution in [0.15, 0.2) is 103 Å². The van der Waals surface area contributed by atoms with E-state index in [2.05, 4.69) is 15.3 Å². The van der Waals surface area contributed by atoms with Crippen LogP contribution in [0.25, 0.3) is 11.1 Å². The van der Waals surface area contributed by atoms with Crippen molar-refractivity contribution in [3.05, 3.63) is 157 Å². The number of amides is 1. The molecule has 0 saturated heterocycles. The number of benzene rings is 4. The molecule has 0 saturated carbocycles. The summed E-state index contributed by atoms with van der Waals surface area (Å²) in [6, 6.07) is 25.1. The Kier molecular flexibility index (Phi) is 11.7. The molecule has 2 aliphatic rings. The summed E-state index contributed by atoms with van der Waals surface area (Å²) in [5.41, 5.74) is 8.76. The molecule has 0 bridgehead atoms. The van der Waals surface area contributed by atoms with Crippen molar-refractivity contribution in [3.63, 3.8) is 0 Å². The number of nitrogens with one attached hydrogen (secondary N) is 1. The van der Waals surface area contributed by atoms with Gasteiger partial charge in [0.15, 0.2) is 17.6 Å². The van der Waals surface area contributed by atoms with E-state index in [1.54, 1.807) is 24.5 Å². The van der Waals surface area contributed by atoms with E-state index in [1.165, 1.54) is 11.3 Å². The first kappa shape index (κ1) is 39.4. The number of hydrogen-bond acceptors (Lipinski definition) is 9. The zero-order valence-corrected chi connectivity index (χ0v) is 34.1. The summed E-state index contributed by atoms with van der Waals surface area (Å²) in [6.45, 7) is 5.53. The number of thiazole rings is 1. The second-order valence-electron chi connectivity index (χ2n) is 14.5. The van der Waals surface area contributed by atoms with Gasteiger partial charge in [-0.1, -0.05) is 65.7 Å². The predicted molar refractivity (Wildman–Crippen MR) is 224 cm³/mol. The molecule has 0 spiro atoms. The van der Waals surface area contributed by atoms with Gasteiger partial charge in [-0.25, -0.2) is 9.78 Å². The Balaban J connectivity index is 0.952. The number of carboxylic acid groups (broad SMARTS) is 1. The van der Waals surface area contributed by atoms with Gasteiger partial charge in [-0.3, -0.25) is 14.7 Å². The smallest absolute Gasteiger partial charge is 0.326 e. The van der Waals surface area contributed by atoms with Crippen LogP contribution in [0.3, 0.4) is 0 Å². The highest BCUT2D eigenvalue weighted by Gasteiger charge is 2.36. The van der Waals surface area contributed by atoms with Crippen LogP contribution in [0.1, 0.15) is 50.2 Å². The standard InChI is InChI=1S/C45H40Cl2N4O6S/c1-26-27(2)48-14-13-35(26)30-6-3-28(4-7-30)18-38(45(53)54)50-44(52)39-19-32-20-40-41(21-33(32)22-51(39)23-43-49-15-16-58-43)57-42(25-56-40)31-8-10-34(11-9-31)55-24-29-5-12-36(46)37(47)17-29/h3-17,20-21,38-39,42H,18-19,22-25H2,1-2H3,(H,50,52)(H,53,54)/t38?,39-,42+/m0/s1. The molecule has 6 aromatic rings. The quantitative estimate of drug-likeness (QED) is 0.124. The first-order valence-electron chi connectivity index (χ1n) is 18.9. The second kappa shape index (κ2) is 17.2. The maximum atomic E-state index is 14.1. The summed E-state index contributed by atoms with van der Waals surface area (Å²) >= 11 is 13.7. The molecule has 2 aliphatic heterocycles. The fourth-order valence-electron chi connectivity index (χ4n) is 7.35. The molecule has 296 valence electrons. The minimum absolute atomic E-state index is 0.139. The van der Waals surface area contributed by atoms with Crippen LogP contribution < -0.4 is 19.5 Å². The first-order valence-corrected chi connectivity index (χ1v) is 20.5. The third kappa shape index (κ3) is 8.83. The summed E-state index contributed by atoms with van der Waals surface area (Å²) in [5.74, 6) is 0.482. The molecule has 13 heteroatoms. The Hall–Kier alpha value is -5.46. The zero-order chi connectivity index (χ0) is 40.3. The SMILES string of the molecule is Cc1nccc(-c2ccc(CC(NC(=O)[C@@H]3Cc4cc5c(cc4CN3Cc3nccs3)O[C@@H](c3ccc(OCc4ccc(Cl)c(Cl)c4)cc3)CO5)C(=O)O)cc2)c1C. The van der Waals surface area contributed by atoms with E-state index in [0.717, 1.165) is 55.2 Å². The average molecular weight is 836 g/mol. The number of ether oxygens (including phenoxy) is 3. The maximum Gasteiger partial charge on any atom is 0.326 e.